The van der Waals surface area contributed by atoms with Crippen molar-refractivity contribution in [3.8, 4) is 0 Å². The van der Waals surface area contributed by atoms with E-state index in [-0.39, 0.29) is 5.97 Å². The Morgan fingerprint density at radius 3 is 2.85 bits per heavy atom. The van der Waals surface area contributed by atoms with Gasteiger partial charge in [0.2, 0.25) is 0 Å². The Hall–Kier alpha value is -1.39. The molecule has 108 valence electrons. The van der Waals surface area contributed by atoms with Crippen LogP contribution >= 0.6 is 0 Å². The average Bonchev–Trinajstić information content (AvgIpc) is 2.83. The average molecular weight is 274 g/mol. The first-order valence-electron chi connectivity index (χ1n) is 7.39. The molecule has 20 heavy (non-hydrogen) atoms. The second kappa shape index (κ2) is 5.54. The monoisotopic (exact) mass is 274 g/mol. The van der Waals surface area contributed by atoms with Gasteiger partial charge in [-0.05, 0) is 30.0 Å². The van der Waals surface area contributed by atoms with E-state index in [0.29, 0.717) is 12.5 Å². The van der Waals surface area contributed by atoms with Gasteiger partial charge in [0.15, 0.2) is 0 Å². The van der Waals surface area contributed by atoms with Crippen molar-refractivity contribution in [3.63, 3.8) is 0 Å². The second-order valence-electron chi connectivity index (χ2n) is 5.83. The van der Waals surface area contributed by atoms with E-state index in [1.54, 1.807) is 0 Å². The molecule has 1 saturated heterocycles. The summed E-state index contributed by atoms with van der Waals surface area (Å²) in [5, 5.41) is 3.38. The Kier molecular flexibility index (Phi) is 3.76. The van der Waals surface area contributed by atoms with Crippen LogP contribution in [-0.4, -0.2) is 43.6 Å². The Morgan fingerprint density at radius 1 is 1.35 bits per heavy atom. The Morgan fingerprint density at radius 2 is 2.10 bits per heavy atom. The molecule has 0 spiro atoms. The van der Waals surface area contributed by atoms with Crippen LogP contribution in [0.5, 0.6) is 0 Å². The van der Waals surface area contributed by atoms with E-state index in [9.17, 15) is 4.79 Å². The predicted molar refractivity (Wildman–Crippen MR) is 78.0 cm³/mol. The number of rotatable bonds is 3. The standard InChI is InChI=1S/C16H22N2O2/c1-11(9-18-7-5-17-6-8-18)13-3-4-14-15(12(13)2)10-20-16(14)19/h3-4,11,17H,5-10H2,1-2H3/t11-/m0/s1. The van der Waals surface area contributed by atoms with Crippen molar-refractivity contribution >= 4 is 5.97 Å². The number of nitrogens with zero attached hydrogens (tertiary/aromatic N) is 1. The molecule has 4 nitrogen and oxygen atoms in total. The van der Waals surface area contributed by atoms with Gasteiger partial charge in [-0.25, -0.2) is 4.79 Å². The minimum Gasteiger partial charge on any atom is -0.457 e. The maximum Gasteiger partial charge on any atom is 0.338 e. The van der Waals surface area contributed by atoms with E-state index >= 15 is 0 Å². The molecule has 4 heteroatoms. The number of hydrogen-bond acceptors (Lipinski definition) is 4. The molecule has 0 saturated carbocycles. The Bertz CT molecular complexity index is 521. The summed E-state index contributed by atoms with van der Waals surface area (Å²) in [5.41, 5.74) is 4.41. The lowest BCUT2D eigenvalue weighted by molar-refractivity contribution is 0.0535. The van der Waals surface area contributed by atoms with Crippen LogP contribution in [0.25, 0.3) is 0 Å². The molecule has 0 aliphatic carbocycles. The number of nitrogens with one attached hydrogen (secondary N) is 1. The zero-order chi connectivity index (χ0) is 14.1. The molecule has 0 unspecified atom stereocenters. The van der Waals surface area contributed by atoms with Gasteiger partial charge in [-0.2, -0.15) is 0 Å². The van der Waals surface area contributed by atoms with E-state index in [1.807, 2.05) is 6.07 Å². The number of ether oxygens (including phenoxy) is 1. The molecular formula is C16H22N2O2. The van der Waals surface area contributed by atoms with Crippen LogP contribution in [0.3, 0.4) is 0 Å². The van der Waals surface area contributed by atoms with Crippen LogP contribution in [0.15, 0.2) is 12.1 Å². The molecule has 1 fully saturated rings. The van der Waals surface area contributed by atoms with E-state index in [2.05, 4.69) is 30.1 Å². The predicted octanol–water partition coefficient (Wildman–Crippen LogP) is 1.67. The number of carbonyl (C=O) groups excluding carboxylic acids is 1. The van der Waals surface area contributed by atoms with Crippen LogP contribution in [-0.2, 0) is 11.3 Å². The number of hydrogen-bond donors (Lipinski definition) is 1. The van der Waals surface area contributed by atoms with Crippen molar-refractivity contribution in [2.24, 2.45) is 0 Å². The number of piperazine rings is 1. The van der Waals surface area contributed by atoms with Crippen molar-refractivity contribution in [2.75, 3.05) is 32.7 Å². The highest BCUT2D eigenvalue weighted by atomic mass is 16.5. The topological polar surface area (TPSA) is 41.6 Å². The smallest absolute Gasteiger partial charge is 0.338 e. The van der Waals surface area contributed by atoms with Gasteiger partial charge in [0.05, 0.1) is 5.56 Å². The van der Waals surface area contributed by atoms with E-state index in [1.165, 1.54) is 11.1 Å². The summed E-state index contributed by atoms with van der Waals surface area (Å²) in [6, 6.07) is 4.04. The fraction of sp³-hybridized carbons (Fsp3) is 0.562. The summed E-state index contributed by atoms with van der Waals surface area (Å²) in [6.45, 7) is 10.3. The van der Waals surface area contributed by atoms with E-state index in [4.69, 9.17) is 4.74 Å². The molecule has 1 N–H and O–H groups in total. The fourth-order valence-corrected chi connectivity index (χ4v) is 3.28. The molecule has 1 aromatic rings. The molecule has 2 heterocycles. The largest absolute Gasteiger partial charge is 0.457 e. The van der Waals surface area contributed by atoms with Gasteiger partial charge in [0.1, 0.15) is 6.61 Å². The third kappa shape index (κ3) is 2.45. The first-order chi connectivity index (χ1) is 9.66. The first-order valence-corrected chi connectivity index (χ1v) is 7.39. The van der Waals surface area contributed by atoms with Crippen molar-refractivity contribution in [1.82, 2.24) is 10.2 Å². The van der Waals surface area contributed by atoms with Crippen molar-refractivity contribution < 1.29 is 9.53 Å². The van der Waals surface area contributed by atoms with Crippen LogP contribution < -0.4 is 5.32 Å². The lowest BCUT2D eigenvalue weighted by atomic mass is 9.90. The second-order valence-corrected chi connectivity index (χ2v) is 5.83. The quantitative estimate of drug-likeness (QED) is 0.851. The summed E-state index contributed by atoms with van der Waals surface area (Å²) in [5.74, 6) is 0.304. The molecule has 2 aliphatic heterocycles. The third-order valence-corrected chi connectivity index (χ3v) is 4.48. The lowest BCUT2D eigenvalue weighted by Crippen LogP contribution is -2.44. The molecule has 0 bridgehead atoms. The highest BCUT2D eigenvalue weighted by Gasteiger charge is 2.25. The van der Waals surface area contributed by atoms with Gasteiger partial charge < -0.3 is 15.0 Å². The van der Waals surface area contributed by atoms with Gasteiger partial charge in [-0.1, -0.05) is 13.0 Å². The molecule has 1 aromatic carbocycles. The van der Waals surface area contributed by atoms with Crippen molar-refractivity contribution in [3.05, 3.63) is 34.4 Å². The summed E-state index contributed by atoms with van der Waals surface area (Å²) in [6.07, 6.45) is 0. The molecular weight excluding hydrogens is 252 g/mol. The highest BCUT2D eigenvalue weighted by Crippen LogP contribution is 2.30. The number of fused-ring (bicyclic) bond motifs is 1. The number of benzene rings is 1. The van der Waals surface area contributed by atoms with Gasteiger partial charge in [-0.3, -0.25) is 0 Å². The lowest BCUT2D eigenvalue weighted by Gasteiger charge is -2.30. The SMILES string of the molecule is Cc1c([C@@H](C)CN2CCNCC2)ccc2c1COC2=O. The summed E-state index contributed by atoms with van der Waals surface area (Å²) in [4.78, 5) is 14.1. The number of carbonyl (C=O) groups is 1. The van der Waals surface area contributed by atoms with Gasteiger partial charge in [0, 0.05) is 38.3 Å². The third-order valence-electron chi connectivity index (χ3n) is 4.48. The van der Waals surface area contributed by atoms with Crippen LogP contribution in [0.4, 0.5) is 0 Å². The van der Waals surface area contributed by atoms with Gasteiger partial charge in [-0.15, -0.1) is 0 Å². The van der Waals surface area contributed by atoms with Crippen LogP contribution in [0, 0.1) is 6.92 Å². The molecule has 1 atom stereocenters. The molecule has 0 amide bonds. The molecule has 2 aliphatic rings. The summed E-state index contributed by atoms with van der Waals surface area (Å²) >= 11 is 0. The van der Waals surface area contributed by atoms with Crippen molar-refractivity contribution in [1.29, 1.82) is 0 Å². The minimum absolute atomic E-state index is 0.176. The van der Waals surface area contributed by atoms with Gasteiger partial charge >= 0.3 is 5.97 Å². The van der Waals surface area contributed by atoms with E-state index in [0.717, 1.165) is 43.9 Å². The maximum atomic E-state index is 11.6. The van der Waals surface area contributed by atoms with E-state index < -0.39 is 0 Å². The molecule has 0 radical (unpaired) electrons. The van der Waals surface area contributed by atoms with Crippen molar-refractivity contribution in [2.45, 2.75) is 26.4 Å². The molecule has 0 aromatic heterocycles. The minimum atomic E-state index is -0.176. The van der Waals surface area contributed by atoms with Gasteiger partial charge in [0.25, 0.3) is 0 Å². The zero-order valence-corrected chi connectivity index (χ0v) is 12.2. The first kappa shape index (κ1) is 13.6. The fourth-order valence-electron chi connectivity index (χ4n) is 3.28. The van der Waals surface area contributed by atoms with Crippen LogP contribution in [0.2, 0.25) is 0 Å². The zero-order valence-electron chi connectivity index (χ0n) is 12.2. The summed E-state index contributed by atoms with van der Waals surface area (Å²) < 4.78 is 5.13. The highest BCUT2D eigenvalue weighted by molar-refractivity contribution is 5.93. The summed E-state index contributed by atoms with van der Waals surface area (Å²) in [7, 11) is 0. The Labute approximate surface area is 120 Å². The number of cyclic esters (lactones) is 1. The maximum absolute atomic E-state index is 11.6. The normalized spacial score (nSPS) is 20.6. The van der Waals surface area contributed by atoms with Crippen LogP contribution in [0.1, 0.15) is 39.9 Å². The Balaban J connectivity index is 1.78. The number of esters is 1. The molecule has 3 rings (SSSR count).